The molecule has 6 heteroatoms. The number of hydrogen-bond acceptors (Lipinski definition) is 3. The molecule has 1 unspecified atom stereocenters. The van der Waals surface area contributed by atoms with Crippen molar-refractivity contribution in [1.82, 2.24) is 0 Å². The molecule has 0 spiro atoms. The van der Waals surface area contributed by atoms with Gasteiger partial charge < -0.3 is 15.7 Å². The lowest BCUT2D eigenvalue weighted by Gasteiger charge is -2.34. The molecule has 1 aliphatic heterocycles. The molecule has 2 rings (SSSR count). The molecule has 1 heterocycles. The highest BCUT2D eigenvalue weighted by Gasteiger charge is 2.25. The van der Waals surface area contributed by atoms with E-state index >= 15 is 0 Å². The Labute approximate surface area is 121 Å². The van der Waals surface area contributed by atoms with Crippen LogP contribution < -0.4 is 10.6 Å². The smallest absolute Gasteiger partial charge is 0.328 e. The summed E-state index contributed by atoms with van der Waals surface area (Å²) < 4.78 is 13.4. The molecule has 0 saturated carbocycles. The van der Waals surface area contributed by atoms with E-state index in [1.807, 2.05) is 4.90 Å². The summed E-state index contributed by atoms with van der Waals surface area (Å²) in [4.78, 5) is 23.9. The number of benzene rings is 1. The maximum absolute atomic E-state index is 13.4. The highest BCUT2D eigenvalue weighted by Crippen LogP contribution is 2.28. The number of aliphatic carboxylic acids is 1. The third kappa shape index (κ3) is 3.81. The Bertz CT molecular complexity index is 586. The van der Waals surface area contributed by atoms with Gasteiger partial charge in [0.2, 0.25) is 5.91 Å². The first kappa shape index (κ1) is 15.0. The summed E-state index contributed by atoms with van der Waals surface area (Å²) in [6, 6.07) is 4.20. The first-order chi connectivity index (χ1) is 9.97. The quantitative estimate of drug-likeness (QED) is 0.826. The molecule has 0 bridgehead atoms. The Hall–Kier alpha value is -2.37. The van der Waals surface area contributed by atoms with Gasteiger partial charge in [-0.3, -0.25) is 4.79 Å². The number of anilines is 1. The van der Waals surface area contributed by atoms with Crippen LogP contribution in [0.4, 0.5) is 10.1 Å². The van der Waals surface area contributed by atoms with E-state index in [1.54, 1.807) is 6.07 Å². The predicted octanol–water partition coefficient (Wildman–Crippen LogP) is 1.63. The number of carbonyl (C=O) groups is 2. The van der Waals surface area contributed by atoms with E-state index in [9.17, 15) is 14.0 Å². The number of carbonyl (C=O) groups excluding carboxylic acids is 1. The number of carboxylic acid groups (broad SMARTS) is 1. The standard InChI is InChI=1S/C15H17FN2O3/c16-12-4-5-13(10(8-12)3-6-14(19)20)18-7-1-2-11(9-18)15(17)21/h3-6,8,11H,1-2,7,9H2,(H2,17,21)(H,19,20)/b6-3+. The minimum Gasteiger partial charge on any atom is -0.478 e. The minimum absolute atomic E-state index is 0.236. The van der Waals surface area contributed by atoms with Gasteiger partial charge in [0.25, 0.3) is 0 Å². The zero-order valence-corrected chi connectivity index (χ0v) is 11.5. The van der Waals surface area contributed by atoms with Gasteiger partial charge in [-0.25, -0.2) is 9.18 Å². The van der Waals surface area contributed by atoms with E-state index in [0.29, 0.717) is 17.8 Å². The maximum atomic E-state index is 13.4. The number of nitrogens with two attached hydrogens (primary N) is 1. The molecular weight excluding hydrogens is 275 g/mol. The van der Waals surface area contributed by atoms with Gasteiger partial charge in [0.05, 0.1) is 5.92 Å². The minimum atomic E-state index is -1.10. The van der Waals surface area contributed by atoms with Crippen LogP contribution in [0.1, 0.15) is 18.4 Å². The van der Waals surface area contributed by atoms with Crippen molar-refractivity contribution in [3.05, 3.63) is 35.7 Å². The second-order valence-corrected chi connectivity index (χ2v) is 5.06. The monoisotopic (exact) mass is 292 g/mol. The van der Waals surface area contributed by atoms with Crippen molar-refractivity contribution >= 4 is 23.6 Å². The van der Waals surface area contributed by atoms with Crippen molar-refractivity contribution in [2.24, 2.45) is 11.7 Å². The molecule has 1 amide bonds. The summed E-state index contributed by atoms with van der Waals surface area (Å²) in [5.41, 5.74) is 6.53. The van der Waals surface area contributed by atoms with Crippen LogP contribution in [0.2, 0.25) is 0 Å². The van der Waals surface area contributed by atoms with Gasteiger partial charge in [0, 0.05) is 30.4 Å². The number of nitrogens with zero attached hydrogens (tertiary/aromatic N) is 1. The van der Waals surface area contributed by atoms with Crippen molar-refractivity contribution in [2.45, 2.75) is 12.8 Å². The average molecular weight is 292 g/mol. The SMILES string of the molecule is NC(=O)C1CCCN(c2ccc(F)cc2/C=C/C(=O)O)C1. The number of piperidine rings is 1. The Morgan fingerprint density at radius 1 is 1.43 bits per heavy atom. The number of hydrogen-bond donors (Lipinski definition) is 2. The number of rotatable bonds is 4. The van der Waals surface area contributed by atoms with E-state index in [1.165, 1.54) is 18.2 Å². The van der Waals surface area contributed by atoms with Crippen LogP contribution >= 0.6 is 0 Å². The second kappa shape index (κ2) is 6.39. The van der Waals surface area contributed by atoms with Gasteiger partial charge in [-0.2, -0.15) is 0 Å². The van der Waals surface area contributed by atoms with E-state index in [0.717, 1.165) is 25.5 Å². The summed E-state index contributed by atoms with van der Waals surface area (Å²) in [5.74, 6) is -2.12. The molecule has 0 aromatic heterocycles. The van der Waals surface area contributed by atoms with Crippen LogP contribution in [0.3, 0.4) is 0 Å². The van der Waals surface area contributed by atoms with Crippen LogP contribution in [-0.2, 0) is 9.59 Å². The van der Waals surface area contributed by atoms with Crippen molar-refractivity contribution in [2.75, 3.05) is 18.0 Å². The predicted molar refractivity (Wildman–Crippen MR) is 77.2 cm³/mol. The second-order valence-electron chi connectivity index (χ2n) is 5.06. The fourth-order valence-electron chi connectivity index (χ4n) is 2.54. The molecule has 1 aromatic rings. The molecule has 1 atom stereocenters. The molecule has 0 radical (unpaired) electrons. The number of carboxylic acids is 1. The molecule has 5 nitrogen and oxygen atoms in total. The van der Waals surface area contributed by atoms with Gasteiger partial charge >= 0.3 is 5.97 Å². The third-order valence-corrected chi connectivity index (χ3v) is 3.56. The Balaban J connectivity index is 2.29. The fraction of sp³-hybridized carbons (Fsp3) is 0.333. The molecule has 0 aliphatic carbocycles. The summed E-state index contributed by atoms with van der Waals surface area (Å²) in [7, 11) is 0. The van der Waals surface area contributed by atoms with E-state index in [2.05, 4.69) is 0 Å². The van der Waals surface area contributed by atoms with E-state index in [4.69, 9.17) is 10.8 Å². The molecule has 1 aromatic carbocycles. The molecule has 3 N–H and O–H groups in total. The zero-order valence-electron chi connectivity index (χ0n) is 11.5. The van der Waals surface area contributed by atoms with Crippen molar-refractivity contribution < 1.29 is 19.1 Å². The Kier molecular flexibility index (Phi) is 4.57. The molecule has 112 valence electrons. The number of primary amides is 1. The van der Waals surface area contributed by atoms with Gasteiger partial charge in [0.15, 0.2) is 0 Å². The normalized spacial score (nSPS) is 18.9. The molecule has 1 saturated heterocycles. The zero-order chi connectivity index (χ0) is 15.4. The van der Waals surface area contributed by atoms with Crippen LogP contribution in [0, 0.1) is 11.7 Å². The summed E-state index contributed by atoms with van der Waals surface area (Å²) in [5, 5.41) is 8.70. The van der Waals surface area contributed by atoms with E-state index in [-0.39, 0.29) is 11.8 Å². The van der Waals surface area contributed by atoms with Gasteiger partial charge in [0.1, 0.15) is 5.82 Å². The Morgan fingerprint density at radius 2 is 2.19 bits per heavy atom. The lowest BCUT2D eigenvalue weighted by Crippen LogP contribution is -2.41. The molecule has 21 heavy (non-hydrogen) atoms. The first-order valence-corrected chi connectivity index (χ1v) is 6.72. The van der Waals surface area contributed by atoms with Crippen molar-refractivity contribution in [1.29, 1.82) is 0 Å². The van der Waals surface area contributed by atoms with E-state index < -0.39 is 11.8 Å². The summed E-state index contributed by atoms with van der Waals surface area (Å²) in [6.45, 7) is 1.19. The number of amides is 1. The fourth-order valence-corrected chi connectivity index (χ4v) is 2.54. The van der Waals surface area contributed by atoms with Crippen LogP contribution in [0.25, 0.3) is 6.08 Å². The average Bonchev–Trinajstić information content (AvgIpc) is 2.45. The third-order valence-electron chi connectivity index (χ3n) is 3.56. The largest absolute Gasteiger partial charge is 0.478 e. The molecule has 1 aliphatic rings. The van der Waals surface area contributed by atoms with Gasteiger partial charge in [-0.15, -0.1) is 0 Å². The number of halogens is 1. The van der Waals surface area contributed by atoms with Crippen LogP contribution in [0.5, 0.6) is 0 Å². The first-order valence-electron chi connectivity index (χ1n) is 6.72. The lowest BCUT2D eigenvalue weighted by molar-refractivity contribution is -0.131. The van der Waals surface area contributed by atoms with Gasteiger partial charge in [-0.05, 0) is 37.1 Å². The summed E-state index contributed by atoms with van der Waals surface area (Å²) in [6.07, 6.45) is 3.88. The molecular formula is C15H17FN2O3. The molecule has 1 fully saturated rings. The highest BCUT2D eigenvalue weighted by atomic mass is 19.1. The Morgan fingerprint density at radius 3 is 2.86 bits per heavy atom. The van der Waals surface area contributed by atoms with Crippen molar-refractivity contribution in [3.63, 3.8) is 0 Å². The topological polar surface area (TPSA) is 83.6 Å². The van der Waals surface area contributed by atoms with Crippen molar-refractivity contribution in [3.8, 4) is 0 Å². The van der Waals surface area contributed by atoms with Gasteiger partial charge in [-0.1, -0.05) is 0 Å². The summed E-state index contributed by atoms with van der Waals surface area (Å²) >= 11 is 0. The van der Waals surface area contributed by atoms with Crippen LogP contribution in [0.15, 0.2) is 24.3 Å². The van der Waals surface area contributed by atoms with Crippen LogP contribution in [-0.4, -0.2) is 30.1 Å². The highest BCUT2D eigenvalue weighted by molar-refractivity contribution is 5.87. The maximum Gasteiger partial charge on any atom is 0.328 e. The lowest BCUT2D eigenvalue weighted by atomic mass is 9.96.